The minimum absolute atomic E-state index is 0.0930. The van der Waals surface area contributed by atoms with Gasteiger partial charge in [-0.25, -0.2) is 9.78 Å². The maximum absolute atomic E-state index is 15.3. The third kappa shape index (κ3) is 8.15. The molecule has 1 saturated carbocycles. The summed E-state index contributed by atoms with van der Waals surface area (Å²) in [6, 6.07) is 50.1. The summed E-state index contributed by atoms with van der Waals surface area (Å²) in [5, 5.41) is 4.37. The molecule has 1 aliphatic heterocycles. The fourth-order valence-corrected chi connectivity index (χ4v) is 19.5. The van der Waals surface area contributed by atoms with Crippen LogP contribution in [0.4, 0.5) is 16.3 Å². The number of hydrogen-bond acceptors (Lipinski definition) is 6. The number of methoxy groups -OCH3 is 1. The molecule has 2 amide bonds. The Bertz CT molecular complexity index is 2260. The predicted molar refractivity (Wildman–Crippen MR) is 257 cm³/mol. The number of ether oxygens (including phenoxy) is 1. The Balaban J connectivity index is 1.30. The van der Waals surface area contributed by atoms with E-state index in [1.165, 1.54) is 20.7 Å². The Morgan fingerprint density at radius 2 is 1.03 bits per heavy atom. The second-order valence-electron chi connectivity index (χ2n) is 18.6. The highest BCUT2D eigenvalue weighted by molar-refractivity contribution is 7.00. The first kappa shape index (κ1) is 43.5. The van der Waals surface area contributed by atoms with Crippen molar-refractivity contribution in [1.29, 1.82) is 0 Å². The van der Waals surface area contributed by atoms with E-state index in [9.17, 15) is 0 Å². The standard InChI is InChI=1S/C51H57ClN4O4Si2/c1-50(2,3)61(43-20-12-8-13-21-43,44-22-14-9-15-23-44)59-41-32-39(56-47-37(35-53-48(52)54-47)36-55(49(56)57)38-28-30-40(58-7)31-29-38)33-42(34-41)60-62(51(4,5)6,45-24-16-10-17-25-45)46-26-18-11-19-27-46/h8-31,35,39,41-42H,32-34,36H2,1-7H3. The zero-order chi connectivity index (χ0) is 43.7. The van der Waals surface area contributed by atoms with Crippen LogP contribution in [-0.4, -0.2) is 58.0 Å². The van der Waals surface area contributed by atoms with Crippen molar-refractivity contribution in [3.63, 3.8) is 0 Å². The first-order chi connectivity index (χ1) is 29.7. The number of halogens is 1. The number of anilines is 2. The molecule has 2 unspecified atom stereocenters. The van der Waals surface area contributed by atoms with Gasteiger partial charge in [-0.1, -0.05) is 163 Å². The van der Waals surface area contributed by atoms with Gasteiger partial charge in [-0.15, -0.1) is 0 Å². The summed E-state index contributed by atoms with van der Waals surface area (Å²) in [5.41, 5.74) is 1.56. The molecule has 62 heavy (non-hydrogen) atoms. The van der Waals surface area contributed by atoms with Crippen LogP contribution in [0.5, 0.6) is 5.75 Å². The normalized spacial score (nSPS) is 18.6. The third-order valence-corrected chi connectivity index (χ3v) is 23.0. The number of fused-ring (bicyclic) bond motifs is 1. The highest BCUT2D eigenvalue weighted by Gasteiger charge is 2.56. The van der Waals surface area contributed by atoms with E-state index in [2.05, 4.69) is 168 Å². The average Bonchev–Trinajstić information content (AvgIpc) is 3.27. The molecule has 320 valence electrons. The summed E-state index contributed by atoms with van der Waals surface area (Å²) in [6.45, 7) is 14.2. The van der Waals surface area contributed by atoms with Crippen LogP contribution in [0.1, 0.15) is 66.4 Å². The Morgan fingerprint density at radius 1 is 0.613 bits per heavy atom. The molecular formula is C51H57ClN4O4Si2. The highest BCUT2D eigenvalue weighted by atomic mass is 35.5. The summed E-state index contributed by atoms with van der Waals surface area (Å²) in [4.78, 5) is 28.1. The van der Waals surface area contributed by atoms with Crippen LogP contribution in [0.15, 0.2) is 152 Å². The molecule has 0 spiro atoms. The largest absolute Gasteiger partial charge is 0.497 e. The maximum atomic E-state index is 15.3. The molecule has 5 aromatic carbocycles. The lowest BCUT2D eigenvalue weighted by atomic mass is 9.89. The van der Waals surface area contributed by atoms with Gasteiger partial charge in [-0.3, -0.25) is 9.80 Å². The van der Waals surface area contributed by atoms with Crippen molar-refractivity contribution in [3.05, 3.63) is 163 Å². The maximum Gasteiger partial charge on any atom is 0.330 e. The number of nitrogens with zero attached hydrogens (tertiary/aromatic N) is 4. The lowest BCUT2D eigenvalue weighted by Crippen LogP contribution is -2.70. The number of carbonyl (C=O) groups is 1. The number of aromatic nitrogens is 2. The third-order valence-electron chi connectivity index (χ3n) is 12.7. The number of urea groups is 1. The molecule has 2 aliphatic rings. The van der Waals surface area contributed by atoms with Gasteiger partial charge in [0.2, 0.25) is 5.28 Å². The molecule has 1 aliphatic carbocycles. The van der Waals surface area contributed by atoms with Crippen LogP contribution in [0.2, 0.25) is 15.4 Å². The quantitative estimate of drug-likeness (QED) is 0.0954. The molecular weight excluding hydrogens is 824 g/mol. The van der Waals surface area contributed by atoms with Crippen LogP contribution in [0, 0.1) is 0 Å². The zero-order valence-corrected chi connectivity index (χ0v) is 39.5. The molecule has 1 aromatic heterocycles. The molecule has 1 fully saturated rings. The van der Waals surface area contributed by atoms with E-state index >= 15 is 4.79 Å². The van der Waals surface area contributed by atoms with Crippen LogP contribution >= 0.6 is 11.6 Å². The van der Waals surface area contributed by atoms with Crippen LogP contribution in [-0.2, 0) is 15.4 Å². The van der Waals surface area contributed by atoms with E-state index < -0.39 is 16.6 Å². The molecule has 0 saturated heterocycles. The van der Waals surface area contributed by atoms with Crippen molar-refractivity contribution < 1.29 is 18.4 Å². The summed E-state index contributed by atoms with van der Waals surface area (Å²) in [6.07, 6.45) is 2.92. The molecule has 6 aromatic rings. The second-order valence-corrected chi connectivity index (χ2v) is 27.4. The number of benzene rings is 5. The van der Waals surface area contributed by atoms with Gasteiger partial charge in [0.25, 0.3) is 16.6 Å². The van der Waals surface area contributed by atoms with E-state index in [1.54, 1.807) is 18.2 Å². The van der Waals surface area contributed by atoms with Gasteiger partial charge in [0.1, 0.15) is 11.6 Å². The number of amides is 2. The first-order valence-corrected chi connectivity index (χ1v) is 25.8. The zero-order valence-electron chi connectivity index (χ0n) is 36.8. The molecule has 2 atom stereocenters. The fourth-order valence-electron chi connectivity index (χ4n) is 9.92. The molecule has 0 radical (unpaired) electrons. The number of rotatable bonds is 11. The van der Waals surface area contributed by atoms with E-state index in [1.807, 2.05) is 29.2 Å². The van der Waals surface area contributed by atoms with E-state index in [0.717, 1.165) is 11.3 Å². The van der Waals surface area contributed by atoms with Gasteiger partial charge in [-0.2, -0.15) is 4.98 Å². The number of carbonyl (C=O) groups excluding carboxylic acids is 1. The number of hydrogen-bond donors (Lipinski definition) is 0. The lowest BCUT2D eigenvalue weighted by Gasteiger charge is -2.51. The van der Waals surface area contributed by atoms with Crippen molar-refractivity contribution in [2.24, 2.45) is 0 Å². The minimum atomic E-state index is -3.06. The Morgan fingerprint density at radius 3 is 1.42 bits per heavy atom. The SMILES string of the molecule is COc1ccc(N2Cc3cnc(Cl)nc3N(C3CC(O[Si](c4ccccc4)(c4ccccc4)C(C)(C)C)CC(O[Si](c4ccccc4)(c4ccccc4)C(C)(C)C)C3)C2=O)cc1. The molecule has 0 bridgehead atoms. The van der Waals surface area contributed by atoms with Crippen LogP contribution < -0.4 is 35.3 Å². The Hall–Kier alpha value is -5.11. The van der Waals surface area contributed by atoms with Gasteiger partial charge in [0, 0.05) is 23.5 Å². The van der Waals surface area contributed by atoms with Gasteiger partial charge >= 0.3 is 6.03 Å². The smallest absolute Gasteiger partial charge is 0.330 e. The summed E-state index contributed by atoms with van der Waals surface area (Å²) < 4.78 is 21.5. The average molecular weight is 882 g/mol. The summed E-state index contributed by atoms with van der Waals surface area (Å²) in [7, 11) is -4.48. The van der Waals surface area contributed by atoms with Crippen molar-refractivity contribution in [3.8, 4) is 5.75 Å². The highest BCUT2D eigenvalue weighted by Crippen LogP contribution is 2.45. The van der Waals surface area contributed by atoms with E-state index in [4.69, 9.17) is 30.2 Å². The van der Waals surface area contributed by atoms with Crippen molar-refractivity contribution in [2.75, 3.05) is 16.9 Å². The minimum Gasteiger partial charge on any atom is -0.497 e. The molecule has 0 N–H and O–H groups in total. The predicted octanol–water partition coefficient (Wildman–Crippen LogP) is 9.53. The van der Waals surface area contributed by atoms with Crippen molar-refractivity contribution in [1.82, 2.24) is 9.97 Å². The van der Waals surface area contributed by atoms with Crippen LogP contribution in [0.3, 0.4) is 0 Å². The second kappa shape index (κ2) is 17.6. The molecule has 2 heterocycles. The topological polar surface area (TPSA) is 77.0 Å². The molecule has 8 nitrogen and oxygen atoms in total. The summed E-state index contributed by atoms with van der Waals surface area (Å²) in [5.74, 6) is 1.24. The van der Waals surface area contributed by atoms with Crippen LogP contribution in [0.25, 0.3) is 0 Å². The lowest BCUT2D eigenvalue weighted by molar-refractivity contribution is 0.0473. The van der Waals surface area contributed by atoms with Crippen molar-refractivity contribution in [2.45, 2.75) is 95.7 Å². The summed E-state index contributed by atoms with van der Waals surface area (Å²) >= 11 is 6.59. The monoisotopic (exact) mass is 880 g/mol. The van der Waals surface area contributed by atoms with Crippen molar-refractivity contribution >= 4 is 66.5 Å². The van der Waals surface area contributed by atoms with E-state index in [-0.39, 0.29) is 39.6 Å². The van der Waals surface area contributed by atoms with Gasteiger partial charge < -0.3 is 13.6 Å². The van der Waals surface area contributed by atoms with Gasteiger partial charge in [-0.05, 0) is 86.0 Å². The fraction of sp³-hybridized carbons (Fsp3) is 0.314. The first-order valence-electron chi connectivity index (χ1n) is 21.6. The molecule has 11 heteroatoms. The van der Waals surface area contributed by atoms with Gasteiger partial charge in [0.05, 0.1) is 25.9 Å². The Labute approximate surface area is 374 Å². The van der Waals surface area contributed by atoms with E-state index in [0.29, 0.717) is 37.4 Å². The Kier molecular flexibility index (Phi) is 12.3. The van der Waals surface area contributed by atoms with Gasteiger partial charge in [0.15, 0.2) is 0 Å². The molecule has 8 rings (SSSR count).